The van der Waals surface area contributed by atoms with Gasteiger partial charge < -0.3 is 15.3 Å². The van der Waals surface area contributed by atoms with E-state index in [0.717, 1.165) is 0 Å². The van der Waals surface area contributed by atoms with E-state index in [-0.39, 0.29) is 17.2 Å². The van der Waals surface area contributed by atoms with Gasteiger partial charge in [0.05, 0.1) is 0 Å². The van der Waals surface area contributed by atoms with Crippen LogP contribution in [0.4, 0.5) is 5.69 Å². The van der Waals surface area contributed by atoms with Crippen molar-refractivity contribution in [1.82, 2.24) is 0 Å². The van der Waals surface area contributed by atoms with Crippen molar-refractivity contribution < 1.29 is 15.3 Å². The largest absolute Gasteiger partial charge is 0.507 e. The second kappa shape index (κ2) is 6.23. The molecule has 0 saturated heterocycles. The van der Waals surface area contributed by atoms with Gasteiger partial charge in [-0.1, -0.05) is 42.5 Å². The van der Waals surface area contributed by atoms with Crippen molar-refractivity contribution in [2.45, 2.75) is 0 Å². The molecule has 3 N–H and O–H groups in total. The molecule has 0 aliphatic rings. The first-order valence-electron chi connectivity index (χ1n) is 7.09. The van der Waals surface area contributed by atoms with E-state index in [1.54, 1.807) is 66.7 Å². The van der Waals surface area contributed by atoms with Gasteiger partial charge in [-0.3, -0.25) is 4.99 Å². The molecule has 3 aromatic carbocycles. The van der Waals surface area contributed by atoms with E-state index in [9.17, 15) is 15.3 Å². The fourth-order valence-corrected chi connectivity index (χ4v) is 2.30. The van der Waals surface area contributed by atoms with Crippen LogP contribution in [0.5, 0.6) is 17.2 Å². The maximum Gasteiger partial charge on any atom is 0.141 e. The van der Waals surface area contributed by atoms with Crippen molar-refractivity contribution in [1.29, 1.82) is 0 Å². The van der Waals surface area contributed by atoms with Gasteiger partial charge in [-0.2, -0.15) is 0 Å². The third-order valence-electron chi connectivity index (χ3n) is 3.49. The van der Waals surface area contributed by atoms with Crippen LogP contribution in [0.15, 0.2) is 71.7 Å². The zero-order valence-corrected chi connectivity index (χ0v) is 12.2. The quantitative estimate of drug-likeness (QED) is 0.634. The summed E-state index contributed by atoms with van der Waals surface area (Å²) in [4.78, 5) is 4.20. The minimum absolute atomic E-state index is 0.0215. The van der Waals surface area contributed by atoms with Gasteiger partial charge in [0.15, 0.2) is 0 Å². The highest BCUT2D eigenvalue weighted by Crippen LogP contribution is 2.36. The summed E-state index contributed by atoms with van der Waals surface area (Å²) in [6.07, 6.45) is 1.48. The Bertz CT molecular complexity index is 872. The Morgan fingerprint density at radius 2 is 1.30 bits per heavy atom. The standard InChI is InChI=1S/C19H15NO3/c21-17-10-3-1-7-14(17)15-8-5-6-13(19(15)23)12-20-16-9-2-4-11-18(16)22/h1-12,21-23H. The number of phenolic OH excluding ortho intramolecular Hbond substituents is 3. The highest BCUT2D eigenvalue weighted by atomic mass is 16.3. The highest BCUT2D eigenvalue weighted by Gasteiger charge is 2.11. The molecule has 3 aromatic rings. The average molecular weight is 305 g/mol. The van der Waals surface area contributed by atoms with Crippen LogP contribution < -0.4 is 0 Å². The lowest BCUT2D eigenvalue weighted by Gasteiger charge is -2.09. The summed E-state index contributed by atoms with van der Waals surface area (Å²) >= 11 is 0. The van der Waals surface area contributed by atoms with Crippen molar-refractivity contribution in [3.8, 4) is 28.4 Å². The van der Waals surface area contributed by atoms with Crippen molar-refractivity contribution >= 4 is 11.9 Å². The van der Waals surface area contributed by atoms with Gasteiger partial charge in [0.25, 0.3) is 0 Å². The molecule has 0 aliphatic carbocycles. The zero-order chi connectivity index (χ0) is 16.2. The molecular weight excluding hydrogens is 290 g/mol. The van der Waals surface area contributed by atoms with Gasteiger partial charge in [-0.15, -0.1) is 0 Å². The van der Waals surface area contributed by atoms with E-state index in [0.29, 0.717) is 22.4 Å². The van der Waals surface area contributed by atoms with Gasteiger partial charge in [-0.25, -0.2) is 0 Å². The summed E-state index contributed by atoms with van der Waals surface area (Å²) in [5.41, 5.74) is 1.97. The number of hydrogen-bond donors (Lipinski definition) is 3. The van der Waals surface area contributed by atoms with Crippen LogP contribution in [0, 0.1) is 0 Å². The first-order chi connectivity index (χ1) is 11.2. The van der Waals surface area contributed by atoms with Crippen molar-refractivity contribution in [3.05, 3.63) is 72.3 Å². The lowest BCUT2D eigenvalue weighted by molar-refractivity contribution is 0.468. The summed E-state index contributed by atoms with van der Waals surface area (Å²) < 4.78 is 0. The summed E-state index contributed by atoms with van der Waals surface area (Å²) in [5.74, 6) is 0.186. The van der Waals surface area contributed by atoms with E-state index >= 15 is 0 Å². The Balaban J connectivity index is 2.01. The fraction of sp³-hybridized carbons (Fsp3) is 0. The molecule has 0 amide bonds. The minimum Gasteiger partial charge on any atom is -0.507 e. The number of hydrogen-bond acceptors (Lipinski definition) is 4. The summed E-state index contributed by atoms with van der Waals surface area (Å²) in [6, 6.07) is 18.7. The van der Waals surface area contributed by atoms with Gasteiger partial charge >= 0.3 is 0 Å². The van der Waals surface area contributed by atoms with Crippen molar-refractivity contribution in [2.75, 3.05) is 0 Å². The second-order valence-corrected chi connectivity index (χ2v) is 5.01. The third-order valence-corrected chi connectivity index (χ3v) is 3.49. The summed E-state index contributed by atoms with van der Waals surface area (Å²) in [6.45, 7) is 0. The molecule has 4 heteroatoms. The number of rotatable bonds is 3. The molecule has 4 nitrogen and oxygen atoms in total. The predicted octanol–water partition coefficient (Wildman–Crippen LogP) is 4.22. The third kappa shape index (κ3) is 3.01. The molecular formula is C19H15NO3. The molecule has 114 valence electrons. The normalized spacial score (nSPS) is 11.0. The second-order valence-electron chi connectivity index (χ2n) is 5.01. The maximum atomic E-state index is 10.4. The van der Waals surface area contributed by atoms with Crippen LogP contribution in [-0.2, 0) is 0 Å². The molecule has 23 heavy (non-hydrogen) atoms. The van der Waals surface area contributed by atoms with E-state index in [2.05, 4.69) is 4.99 Å². The van der Waals surface area contributed by atoms with Gasteiger partial charge in [0.2, 0.25) is 0 Å². The van der Waals surface area contributed by atoms with Gasteiger partial charge in [-0.05, 0) is 24.3 Å². The molecule has 0 atom stereocenters. The number of nitrogens with zero attached hydrogens (tertiary/aromatic N) is 1. The van der Waals surface area contributed by atoms with Gasteiger partial charge in [0.1, 0.15) is 22.9 Å². The highest BCUT2D eigenvalue weighted by molar-refractivity contribution is 5.91. The Hall–Kier alpha value is -3.27. The number of benzene rings is 3. The van der Waals surface area contributed by atoms with E-state index in [1.165, 1.54) is 6.21 Å². The number of para-hydroxylation sites is 4. The van der Waals surface area contributed by atoms with Crippen molar-refractivity contribution in [2.24, 2.45) is 4.99 Å². The summed E-state index contributed by atoms with van der Waals surface area (Å²) in [7, 11) is 0. The Morgan fingerprint density at radius 3 is 2.04 bits per heavy atom. The molecule has 0 aliphatic heterocycles. The number of phenols is 3. The first kappa shape index (κ1) is 14.7. The number of aromatic hydroxyl groups is 3. The van der Waals surface area contributed by atoms with Crippen LogP contribution in [0.2, 0.25) is 0 Å². The molecule has 0 heterocycles. The van der Waals surface area contributed by atoms with E-state index in [4.69, 9.17) is 0 Å². The van der Waals surface area contributed by atoms with Gasteiger partial charge in [0, 0.05) is 22.9 Å². The monoisotopic (exact) mass is 305 g/mol. The van der Waals surface area contributed by atoms with Crippen molar-refractivity contribution in [3.63, 3.8) is 0 Å². The van der Waals surface area contributed by atoms with E-state index < -0.39 is 0 Å². The SMILES string of the molecule is Oc1ccccc1N=Cc1cccc(-c2ccccc2O)c1O. The molecule has 0 spiro atoms. The van der Waals surface area contributed by atoms with Crippen LogP contribution in [0.1, 0.15) is 5.56 Å². The molecule has 0 fully saturated rings. The predicted molar refractivity (Wildman–Crippen MR) is 90.6 cm³/mol. The van der Waals surface area contributed by atoms with Crippen LogP contribution in [0.3, 0.4) is 0 Å². The fourth-order valence-electron chi connectivity index (χ4n) is 2.30. The maximum absolute atomic E-state index is 10.4. The zero-order valence-electron chi connectivity index (χ0n) is 12.2. The van der Waals surface area contributed by atoms with Crippen LogP contribution in [0.25, 0.3) is 11.1 Å². The Kier molecular flexibility index (Phi) is 3.97. The van der Waals surface area contributed by atoms with E-state index in [1.807, 2.05) is 0 Å². The molecule has 0 radical (unpaired) electrons. The first-order valence-corrected chi connectivity index (χ1v) is 7.09. The molecule has 0 saturated carbocycles. The average Bonchev–Trinajstić information content (AvgIpc) is 2.56. The molecule has 0 bridgehead atoms. The molecule has 0 aromatic heterocycles. The lowest BCUT2D eigenvalue weighted by atomic mass is 10.0. The molecule has 3 rings (SSSR count). The summed E-state index contributed by atoms with van der Waals surface area (Å²) in [5, 5.41) is 30.1. The smallest absolute Gasteiger partial charge is 0.141 e. The van der Waals surface area contributed by atoms with Crippen LogP contribution in [-0.4, -0.2) is 21.5 Å². The Labute approximate surface area is 133 Å². The lowest BCUT2D eigenvalue weighted by Crippen LogP contribution is -1.87. The molecule has 0 unspecified atom stereocenters. The Morgan fingerprint density at radius 1 is 0.652 bits per heavy atom. The minimum atomic E-state index is 0.0215. The number of aliphatic imine (C=N–C) groups is 1. The topological polar surface area (TPSA) is 73.1 Å². The van der Waals surface area contributed by atoms with Crippen LogP contribution >= 0.6 is 0 Å².